The summed E-state index contributed by atoms with van der Waals surface area (Å²) in [4.78, 5) is 30.4. The van der Waals surface area contributed by atoms with Crippen molar-refractivity contribution in [3.63, 3.8) is 0 Å². The second kappa shape index (κ2) is 11.6. The van der Waals surface area contributed by atoms with Gasteiger partial charge < -0.3 is 24.8 Å². The molecular formula is C32H37N3O5. The van der Waals surface area contributed by atoms with Crippen molar-refractivity contribution in [1.82, 2.24) is 4.90 Å². The van der Waals surface area contributed by atoms with Gasteiger partial charge >= 0.3 is 5.97 Å². The number of carboxylic acid groups (broad SMARTS) is 1. The molecule has 0 saturated carbocycles. The number of fused-ring (bicyclic) bond motifs is 1. The number of likely N-dealkylation sites (tertiary alicyclic amines) is 1. The van der Waals surface area contributed by atoms with Crippen LogP contribution in [0.3, 0.4) is 0 Å². The average molecular weight is 544 g/mol. The van der Waals surface area contributed by atoms with E-state index in [-0.39, 0.29) is 25.2 Å². The van der Waals surface area contributed by atoms with Crippen LogP contribution >= 0.6 is 0 Å². The molecule has 0 bridgehead atoms. The molecule has 3 aromatic rings. The van der Waals surface area contributed by atoms with Gasteiger partial charge in [-0.15, -0.1) is 0 Å². The van der Waals surface area contributed by atoms with Crippen LogP contribution in [0.2, 0.25) is 0 Å². The SMILES string of the molecule is CCc1cccc(CC)c1NC(=O)CN1C[C@H](c2ccc3c(c2)OCO3)C(C(=O)O)[C@@H]1c1ccc(N(C)C)cc1. The van der Waals surface area contributed by atoms with Crippen molar-refractivity contribution in [2.45, 2.75) is 38.6 Å². The van der Waals surface area contributed by atoms with Gasteiger partial charge in [-0.2, -0.15) is 0 Å². The first-order chi connectivity index (χ1) is 19.3. The largest absolute Gasteiger partial charge is 0.481 e. The molecule has 5 rings (SSSR count). The number of hydrogen-bond acceptors (Lipinski definition) is 6. The van der Waals surface area contributed by atoms with Crippen molar-refractivity contribution in [2.24, 2.45) is 5.92 Å². The van der Waals surface area contributed by atoms with E-state index in [1.165, 1.54) is 0 Å². The number of carbonyl (C=O) groups excluding carboxylic acids is 1. The van der Waals surface area contributed by atoms with E-state index in [1.54, 1.807) is 0 Å². The topological polar surface area (TPSA) is 91.3 Å². The second-order valence-electron chi connectivity index (χ2n) is 10.6. The molecule has 0 aromatic heterocycles. The minimum atomic E-state index is -0.892. The maximum absolute atomic E-state index is 13.6. The third-order valence-corrected chi connectivity index (χ3v) is 8.07. The molecule has 1 amide bonds. The summed E-state index contributed by atoms with van der Waals surface area (Å²) >= 11 is 0. The van der Waals surface area contributed by atoms with Crippen molar-refractivity contribution >= 4 is 23.3 Å². The third-order valence-electron chi connectivity index (χ3n) is 8.07. The number of carboxylic acids is 1. The second-order valence-corrected chi connectivity index (χ2v) is 10.6. The zero-order valence-electron chi connectivity index (χ0n) is 23.5. The first kappa shape index (κ1) is 27.5. The van der Waals surface area contributed by atoms with E-state index in [0.29, 0.717) is 18.0 Å². The van der Waals surface area contributed by atoms with Gasteiger partial charge in [-0.05, 0) is 59.4 Å². The Labute approximate surface area is 235 Å². The Morgan fingerprint density at radius 2 is 1.60 bits per heavy atom. The van der Waals surface area contributed by atoms with Crippen molar-refractivity contribution < 1.29 is 24.2 Å². The Kier molecular flexibility index (Phi) is 7.98. The lowest BCUT2D eigenvalue weighted by Crippen LogP contribution is -2.35. The number of rotatable bonds is 9. The van der Waals surface area contributed by atoms with Crippen molar-refractivity contribution in [3.8, 4) is 11.5 Å². The number of anilines is 2. The molecule has 3 aromatic carbocycles. The van der Waals surface area contributed by atoms with Crippen LogP contribution in [0.1, 0.15) is 48.1 Å². The molecule has 1 fully saturated rings. The molecular weight excluding hydrogens is 506 g/mol. The Balaban J connectivity index is 1.49. The van der Waals surface area contributed by atoms with Crippen LogP contribution in [-0.2, 0) is 22.4 Å². The lowest BCUT2D eigenvalue weighted by molar-refractivity contribution is -0.143. The highest BCUT2D eigenvalue weighted by Crippen LogP contribution is 2.47. The predicted molar refractivity (Wildman–Crippen MR) is 155 cm³/mol. The van der Waals surface area contributed by atoms with Gasteiger partial charge in [0, 0.05) is 44.0 Å². The smallest absolute Gasteiger partial charge is 0.309 e. The Hall–Kier alpha value is -4.04. The lowest BCUT2D eigenvalue weighted by atomic mass is 9.82. The zero-order chi connectivity index (χ0) is 28.4. The van der Waals surface area contributed by atoms with Crippen LogP contribution in [0.15, 0.2) is 60.7 Å². The molecule has 0 spiro atoms. The fraction of sp³-hybridized carbons (Fsp3) is 0.375. The van der Waals surface area contributed by atoms with E-state index < -0.39 is 17.9 Å². The molecule has 2 aliphatic heterocycles. The van der Waals surface area contributed by atoms with Crippen LogP contribution in [-0.4, -0.2) is 55.9 Å². The van der Waals surface area contributed by atoms with E-state index in [1.807, 2.05) is 84.6 Å². The highest BCUT2D eigenvalue weighted by Gasteiger charge is 2.48. The molecule has 2 N–H and O–H groups in total. The fourth-order valence-electron chi connectivity index (χ4n) is 6.01. The minimum absolute atomic E-state index is 0.0755. The maximum atomic E-state index is 13.6. The quantitative estimate of drug-likeness (QED) is 0.389. The number of hydrogen-bond donors (Lipinski definition) is 2. The number of nitrogens with zero attached hydrogens (tertiary/aromatic N) is 2. The predicted octanol–water partition coefficient (Wildman–Crippen LogP) is 5.09. The molecule has 0 aliphatic carbocycles. The third kappa shape index (κ3) is 5.36. The van der Waals surface area contributed by atoms with E-state index in [0.717, 1.165) is 46.5 Å². The summed E-state index contributed by atoms with van der Waals surface area (Å²) in [7, 11) is 3.94. The normalized spacial score (nSPS) is 19.9. The van der Waals surface area contributed by atoms with Crippen molar-refractivity contribution in [2.75, 3.05) is 44.2 Å². The molecule has 2 heterocycles. The molecule has 0 radical (unpaired) electrons. The van der Waals surface area contributed by atoms with E-state index in [4.69, 9.17) is 9.47 Å². The number of amides is 1. The first-order valence-electron chi connectivity index (χ1n) is 13.8. The first-order valence-corrected chi connectivity index (χ1v) is 13.8. The summed E-state index contributed by atoms with van der Waals surface area (Å²) < 4.78 is 11.1. The molecule has 1 unspecified atom stereocenters. The van der Waals surface area contributed by atoms with Gasteiger partial charge in [0.05, 0.1) is 12.5 Å². The maximum Gasteiger partial charge on any atom is 0.309 e. The summed E-state index contributed by atoms with van der Waals surface area (Å²) in [5, 5.41) is 13.7. The van der Waals surface area contributed by atoms with Crippen LogP contribution in [0.5, 0.6) is 11.5 Å². The molecule has 1 saturated heterocycles. The van der Waals surface area contributed by atoms with Gasteiger partial charge in [-0.1, -0.05) is 50.2 Å². The van der Waals surface area contributed by atoms with Crippen LogP contribution < -0.4 is 19.7 Å². The highest BCUT2D eigenvalue weighted by atomic mass is 16.7. The number of nitrogens with one attached hydrogen (secondary N) is 1. The zero-order valence-corrected chi connectivity index (χ0v) is 23.5. The summed E-state index contributed by atoms with van der Waals surface area (Å²) in [6.07, 6.45) is 1.61. The number of benzene rings is 3. The van der Waals surface area contributed by atoms with Crippen LogP contribution in [0, 0.1) is 5.92 Å². The summed E-state index contributed by atoms with van der Waals surface area (Å²) in [5.74, 6) is -0.868. The van der Waals surface area contributed by atoms with Gasteiger partial charge in [-0.25, -0.2) is 0 Å². The standard InChI is InChI=1S/C32H37N3O5/c1-5-20-8-7-9-21(6-2)30(20)33-28(36)18-35-17-25(23-12-15-26-27(16-23)40-19-39-26)29(32(37)38)31(35)22-10-13-24(14-11-22)34(3)4/h7-16,25,29,31H,5-6,17-19H2,1-4H3,(H,33,36)(H,37,38)/t25-,29?,31+/m1/s1. The number of ether oxygens (including phenoxy) is 2. The molecule has 3 atom stereocenters. The molecule has 210 valence electrons. The average Bonchev–Trinajstić information content (AvgIpc) is 3.57. The number of carbonyl (C=O) groups is 2. The van der Waals surface area contributed by atoms with Gasteiger partial charge in [0.2, 0.25) is 12.7 Å². The Bertz CT molecular complexity index is 1370. The van der Waals surface area contributed by atoms with Crippen LogP contribution in [0.25, 0.3) is 0 Å². The van der Waals surface area contributed by atoms with Crippen molar-refractivity contribution in [1.29, 1.82) is 0 Å². The Morgan fingerprint density at radius 3 is 2.23 bits per heavy atom. The van der Waals surface area contributed by atoms with Gasteiger partial charge in [-0.3, -0.25) is 14.5 Å². The van der Waals surface area contributed by atoms with Gasteiger partial charge in [0.1, 0.15) is 0 Å². The molecule has 2 aliphatic rings. The fourth-order valence-corrected chi connectivity index (χ4v) is 6.01. The number of aliphatic carboxylic acids is 1. The molecule has 8 nitrogen and oxygen atoms in total. The summed E-state index contributed by atoms with van der Waals surface area (Å²) in [6, 6.07) is 19.2. The number of aryl methyl sites for hydroxylation is 2. The van der Waals surface area contributed by atoms with E-state index in [2.05, 4.69) is 19.2 Å². The van der Waals surface area contributed by atoms with Gasteiger partial charge in [0.15, 0.2) is 11.5 Å². The van der Waals surface area contributed by atoms with E-state index in [9.17, 15) is 14.7 Å². The number of para-hydroxylation sites is 1. The monoisotopic (exact) mass is 543 g/mol. The van der Waals surface area contributed by atoms with E-state index >= 15 is 0 Å². The summed E-state index contributed by atoms with van der Waals surface area (Å²) in [6.45, 7) is 4.79. The minimum Gasteiger partial charge on any atom is -0.481 e. The Morgan fingerprint density at radius 1 is 0.950 bits per heavy atom. The van der Waals surface area contributed by atoms with Gasteiger partial charge in [0.25, 0.3) is 0 Å². The molecule has 8 heteroatoms. The van der Waals surface area contributed by atoms with Crippen LogP contribution in [0.4, 0.5) is 11.4 Å². The molecule has 40 heavy (non-hydrogen) atoms. The summed E-state index contributed by atoms with van der Waals surface area (Å²) in [5.41, 5.74) is 5.80. The lowest BCUT2D eigenvalue weighted by Gasteiger charge is -2.27. The highest BCUT2D eigenvalue weighted by molar-refractivity contribution is 5.94. The van der Waals surface area contributed by atoms with Crippen molar-refractivity contribution in [3.05, 3.63) is 82.9 Å².